The summed E-state index contributed by atoms with van der Waals surface area (Å²) in [6, 6.07) is 5.80. The van der Waals surface area contributed by atoms with Gasteiger partial charge in [-0.05, 0) is 12.1 Å². The minimum atomic E-state index is -5.24. The van der Waals surface area contributed by atoms with Crippen molar-refractivity contribution < 1.29 is 81.0 Å². The van der Waals surface area contributed by atoms with E-state index in [1.165, 1.54) is 24.3 Å². The molecule has 1 saturated heterocycles. The Morgan fingerprint density at radius 1 is 1.26 bits per heavy atom. The predicted octanol–water partition coefficient (Wildman–Crippen LogP) is -4.86. The third-order valence-corrected chi connectivity index (χ3v) is 4.04. The van der Waals surface area contributed by atoms with E-state index >= 15 is 0 Å². The van der Waals surface area contributed by atoms with Crippen LogP contribution in [0.1, 0.15) is 10.4 Å². The number of aliphatic hydroxyl groups is 3. The van der Waals surface area contributed by atoms with E-state index < -0.39 is 53.7 Å². The fourth-order valence-corrected chi connectivity index (χ4v) is 2.89. The zero-order chi connectivity index (χ0) is 19.5. The number of rotatable bonds is 6. The van der Waals surface area contributed by atoms with Crippen LogP contribution in [0.15, 0.2) is 24.3 Å². The van der Waals surface area contributed by atoms with E-state index in [4.69, 9.17) is 9.47 Å². The van der Waals surface area contributed by atoms with Crippen molar-refractivity contribution in [3.63, 3.8) is 0 Å². The van der Waals surface area contributed by atoms with Gasteiger partial charge in [-0.25, -0.2) is 13.2 Å². The smallest absolute Gasteiger partial charge is 0.726 e. The van der Waals surface area contributed by atoms with Crippen molar-refractivity contribution in [2.45, 2.75) is 30.7 Å². The number of aliphatic hydroxyl groups excluding tert-OH is 3. The Morgan fingerprint density at radius 3 is 2.44 bits per heavy atom. The Hall–Kier alpha value is -0.800. The molecule has 11 nitrogen and oxygen atoms in total. The summed E-state index contributed by atoms with van der Waals surface area (Å²) in [6.45, 7) is -0.845. The molecular formula is C14H17NaO11S. The molecular weight excluding hydrogens is 399 g/mol. The Labute approximate surface area is 177 Å². The van der Waals surface area contributed by atoms with E-state index in [0.717, 1.165) is 7.11 Å². The van der Waals surface area contributed by atoms with Crippen molar-refractivity contribution in [2.75, 3.05) is 13.7 Å². The molecule has 27 heavy (non-hydrogen) atoms. The SMILES string of the molecule is COC(=O)c1ccccc1O[C@@H]1O[C@H](CO)[C@@H](OS(=O)(=O)[O-])[C@H](O)[C@H]1O.[Na+]. The van der Waals surface area contributed by atoms with Crippen LogP contribution in [0.25, 0.3) is 0 Å². The van der Waals surface area contributed by atoms with Gasteiger partial charge in [-0.2, -0.15) is 0 Å². The molecule has 0 unspecified atom stereocenters. The summed E-state index contributed by atoms with van der Waals surface area (Å²) < 4.78 is 51.5. The molecule has 0 bridgehead atoms. The summed E-state index contributed by atoms with van der Waals surface area (Å²) in [6.07, 6.45) is -8.71. The van der Waals surface area contributed by atoms with Gasteiger partial charge in [0.25, 0.3) is 0 Å². The molecule has 1 fully saturated rings. The first-order valence-electron chi connectivity index (χ1n) is 7.28. The van der Waals surface area contributed by atoms with Crippen LogP contribution in [0.4, 0.5) is 0 Å². The Kier molecular flexibility index (Phi) is 9.08. The average Bonchev–Trinajstić information content (AvgIpc) is 2.60. The molecule has 0 amide bonds. The Balaban J connectivity index is 0.00000364. The van der Waals surface area contributed by atoms with Crippen LogP contribution < -0.4 is 34.3 Å². The molecule has 1 heterocycles. The number of benzene rings is 1. The van der Waals surface area contributed by atoms with Crippen molar-refractivity contribution in [1.29, 1.82) is 0 Å². The number of ether oxygens (including phenoxy) is 3. The molecule has 1 aromatic carbocycles. The molecule has 0 aliphatic carbocycles. The standard InChI is InChI=1S/C14H18O11S.Na/c1-22-13(18)7-4-2-3-5-8(7)23-14-11(17)10(16)12(9(6-15)24-14)25-26(19,20)21;/h2-5,9-12,14-17H,6H2,1H3,(H,19,20,21);/q;+1/p-1/t9-,10-,11-,12-,14-;/m1./s1. The van der Waals surface area contributed by atoms with Crippen molar-refractivity contribution in [2.24, 2.45) is 0 Å². The van der Waals surface area contributed by atoms with Gasteiger partial charge < -0.3 is 34.1 Å². The van der Waals surface area contributed by atoms with E-state index in [2.05, 4.69) is 8.92 Å². The number of carbonyl (C=O) groups excluding carboxylic acids is 1. The van der Waals surface area contributed by atoms with Gasteiger partial charge in [-0.15, -0.1) is 0 Å². The fraction of sp³-hybridized carbons (Fsp3) is 0.500. The second kappa shape index (κ2) is 10.1. The van der Waals surface area contributed by atoms with Gasteiger partial charge in [0.05, 0.1) is 13.7 Å². The minimum Gasteiger partial charge on any atom is -0.726 e. The molecule has 0 radical (unpaired) electrons. The first kappa shape index (κ1) is 24.2. The van der Waals surface area contributed by atoms with E-state index in [-0.39, 0.29) is 40.9 Å². The second-order valence-electron chi connectivity index (χ2n) is 5.28. The van der Waals surface area contributed by atoms with Gasteiger partial charge in [-0.3, -0.25) is 4.18 Å². The van der Waals surface area contributed by atoms with Gasteiger partial charge >= 0.3 is 35.5 Å². The maximum Gasteiger partial charge on any atom is 1.00 e. The Morgan fingerprint density at radius 2 is 1.89 bits per heavy atom. The van der Waals surface area contributed by atoms with Gasteiger partial charge in [0.2, 0.25) is 16.7 Å². The normalized spacial score (nSPS) is 28.1. The molecule has 13 heteroatoms. The Bertz CT molecular complexity index is 738. The molecule has 1 aliphatic rings. The van der Waals surface area contributed by atoms with E-state index in [9.17, 15) is 33.1 Å². The zero-order valence-electron chi connectivity index (χ0n) is 14.4. The van der Waals surface area contributed by atoms with Crippen molar-refractivity contribution in [3.8, 4) is 5.75 Å². The topological polar surface area (TPSA) is 172 Å². The molecule has 0 saturated carbocycles. The van der Waals surface area contributed by atoms with Gasteiger partial charge in [0.1, 0.15) is 35.7 Å². The summed E-state index contributed by atoms with van der Waals surface area (Å²) in [5.74, 6) is -0.785. The quantitative estimate of drug-likeness (QED) is 0.176. The first-order valence-corrected chi connectivity index (χ1v) is 8.61. The van der Waals surface area contributed by atoms with E-state index in [1.807, 2.05) is 0 Å². The summed E-state index contributed by atoms with van der Waals surface area (Å²) in [4.78, 5) is 11.7. The maximum absolute atomic E-state index is 11.7. The third-order valence-electron chi connectivity index (χ3n) is 3.59. The zero-order valence-corrected chi connectivity index (χ0v) is 17.2. The first-order chi connectivity index (χ1) is 12.2. The number of hydrogen-bond acceptors (Lipinski definition) is 11. The van der Waals surface area contributed by atoms with Crippen molar-refractivity contribution in [1.82, 2.24) is 0 Å². The molecule has 2 rings (SSSR count). The summed E-state index contributed by atoms with van der Waals surface area (Å²) in [7, 11) is -4.08. The maximum atomic E-state index is 11.7. The third kappa shape index (κ3) is 6.09. The van der Waals surface area contributed by atoms with Gasteiger partial charge in [0.15, 0.2) is 0 Å². The van der Waals surface area contributed by atoms with Gasteiger partial charge in [-0.1, -0.05) is 12.1 Å². The molecule has 1 aliphatic heterocycles. The number of para-hydroxylation sites is 1. The summed E-state index contributed by atoms with van der Waals surface area (Å²) >= 11 is 0. The van der Waals surface area contributed by atoms with E-state index in [1.54, 1.807) is 0 Å². The van der Waals surface area contributed by atoms with Crippen LogP contribution in [-0.4, -0.2) is 78.7 Å². The van der Waals surface area contributed by atoms with Crippen LogP contribution in [0.3, 0.4) is 0 Å². The van der Waals surface area contributed by atoms with Crippen LogP contribution in [0.5, 0.6) is 5.75 Å². The predicted molar refractivity (Wildman–Crippen MR) is 80.7 cm³/mol. The molecule has 5 atom stereocenters. The minimum absolute atomic E-state index is 0. The number of carbonyl (C=O) groups is 1. The van der Waals surface area contributed by atoms with Crippen LogP contribution in [-0.2, 0) is 24.1 Å². The largest absolute Gasteiger partial charge is 1.00 e. The second-order valence-corrected chi connectivity index (χ2v) is 6.29. The molecule has 0 aromatic heterocycles. The number of esters is 1. The van der Waals surface area contributed by atoms with Crippen LogP contribution in [0.2, 0.25) is 0 Å². The van der Waals surface area contributed by atoms with Gasteiger partial charge in [0, 0.05) is 0 Å². The number of methoxy groups -OCH3 is 1. The summed E-state index contributed by atoms with van der Waals surface area (Å²) in [5, 5.41) is 29.4. The monoisotopic (exact) mass is 416 g/mol. The van der Waals surface area contributed by atoms with Crippen molar-refractivity contribution in [3.05, 3.63) is 29.8 Å². The molecule has 0 spiro atoms. The number of hydrogen-bond donors (Lipinski definition) is 3. The van der Waals surface area contributed by atoms with E-state index in [0.29, 0.717) is 0 Å². The molecule has 146 valence electrons. The fourth-order valence-electron chi connectivity index (χ4n) is 2.38. The molecule has 3 N–H and O–H groups in total. The molecule has 1 aromatic rings. The average molecular weight is 416 g/mol. The van der Waals surface area contributed by atoms with Crippen molar-refractivity contribution >= 4 is 16.4 Å². The summed E-state index contributed by atoms with van der Waals surface area (Å²) in [5.41, 5.74) is 0.00125. The van der Waals surface area contributed by atoms with Crippen LogP contribution in [0, 0.1) is 0 Å². The van der Waals surface area contributed by atoms with Crippen LogP contribution >= 0.6 is 0 Å².